The van der Waals surface area contributed by atoms with Crippen LogP contribution in [0.5, 0.6) is 5.75 Å². The number of carboxylic acids is 2. The summed E-state index contributed by atoms with van der Waals surface area (Å²) in [4.78, 5) is 169. The zero-order chi connectivity index (χ0) is 60.6. The Bertz CT molecular complexity index is 2560. The zero-order valence-electron chi connectivity index (χ0n) is 43.5. The highest BCUT2D eigenvalue weighted by molar-refractivity contribution is 7.80. The van der Waals surface area contributed by atoms with Crippen LogP contribution < -0.4 is 59.3 Å². The molecule has 442 valence electrons. The molecule has 2 rings (SSSR count). The minimum Gasteiger partial charge on any atom is -0.508 e. The Labute approximate surface area is 474 Å². The molecule has 8 unspecified atom stereocenters. The Morgan fingerprint density at radius 1 is 0.543 bits per heavy atom. The maximum absolute atomic E-state index is 14.1. The second kappa shape index (κ2) is 36.5. The van der Waals surface area contributed by atoms with Crippen molar-refractivity contribution in [1.29, 1.82) is 0 Å². The number of amides is 11. The summed E-state index contributed by atoms with van der Waals surface area (Å²) < 4.78 is 10.6. The highest BCUT2D eigenvalue weighted by atomic mass is 35.5. The van der Waals surface area contributed by atoms with Gasteiger partial charge in [0.15, 0.2) is 0 Å². The van der Waals surface area contributed by atoms with E-state index in [2.05, 4.69) is 73.6 Å². The molecule has 0 aliphatic carbocycles. The predicted octanol–water partition coefficient (Wildman–Crippen LogP) is -4.55. The Morgan fingerprint density at radius 2 is 0.975 bits per heavy atom. The van der Waals surface area contributed by atoms with E-state index in [-0.39, 0.29) is 43.3 Å². The lowest BCUT2D eigenvalue weighted by molar-refractivity contribution is -0.142. The minimum atomic E-state index is -2.08. The number of alkyl halides is 1. The highest BCUT2D eigenvalue weighted by Crippen LogP contribution is 2.13. The Hall–Kier alpha value is -8.61. The number of primary amides is 2. The van der Waals surface area contributed by atoms with Crippen LogP contribution in [0.4, 0.5) is 0 Å². The van der Waals surface area contributed by atoms with E-state index < -0.39 is 176 Å². The third-order valence-electron chi connectivity index (χ3n) is 11.0. The molecule has 11 amide bonds. The molecule has 16 N–H and O–H groups in total. The van der Waals surface area contributed by atoms with Gasteiger partial charge < -0.3 is 84.1 Å². The van der Waals surface area contributed by atoms with E-state index >= 15 is 0 Å². The second-order valence-corrected chi connectivity index (χ2v) is 18.1. The summed E-state index contributed by atoms with van der Waals surface area (Å²) in [5.74, 6) is -16.0. The van der Waals surface area contributed by atoms with Crippen molar-refractivity contribution < 1.29 is 87.1 Å². The number of aliphatic carboxylic acids is 2. The van der Waals surface area contributed by atoms with E-state index in [1.807, 2.05) is 0 Å². The maximum atomic E-state index is 14.1. The van der Waals surface area contributed by atoms with Gasteiger partial charge in [0, 0.05) is 25.0 Å². The number of ether oxygens (including phenoxy) is 2. The maximum Gasteiger partial charge on any atom is 0.305 e. The number of hydrogen-bond acceptors (Lipinski definition) is 17. The van der Waals surface area contributed by atoms with Gasteiger partial charge in [-0.1, -0.05) is 54.6 Å². The summed E-state index contributed by atoms with van der Waals surface area (Å²) in [6.07, 6.45) is -1.30. The first-order valence-corrected chi connectivity index (χ1v) is 25.6. The van der Waals surface area contributed by atoms with Crippen LogP contribution in [0.1, 0.15) is 36.8 Å². The predicted molar refractivity (Wildman–Crippen MR) is 289 cm³/mol. The summed E-state index contributed by atoms with van der Waals surface area (Å²) in [5, 5.41) is 49.8. The van der Waals surface area contributed by atoms with Gasteiger partial charge in [-0.25, -0.2) is 0 Å². The van der Waals surface area contributed by atoms with Gasteiger partial charge in [-0.15, -0.1) is 24.8 Å². The fraction of sp³-hybridized carbons (Fsp3) is 0.420. The third kappa shape index (κ3) is 26.7. The van der Waals surface area contributed by atoms with Crippen molar-refractivity contribution in [3.05, 3.63) is 91.0 Å². The number of hydrogen-bond donors (Lipinski definition) is 15. The molecule has 0 heterocycles. The van der Waals surface area contributed by atoms with E-state index in [1.54, 1.807) is 30.3 Å². The first kappa shape index (κ1) is 68.5. The van der Waals surface area contributed by atoms with Crippen molar-refractivity contribution in [2.45, 2.75) is 86.9 Å². The molecule has 0 radical (unpaired) electrons. The molecule has 29 nitrogen and oxygen atoms in total. The second-order valence-electron chi connectivity index (χ2n) is 17.5. The van der Waals surface area contributed by atoms with Gasteiger partial charge in [0.1, 0.15) is 60.0 Å². The first-order chi connectivity index (χ1) is 38.4. The number of nitrogens with two attached hydrogens (primary N) is 2. The number of benzene rings is 2. The van der Waals surface area contributed by atoms with Crippen molar-refractivity contribution in [3.8, 4) is 5.75 Å². The number of carboxylic acid groups (broad SMARTS) is 2. The SMILES string of the molecule is C=CCOCC(NC(=O)CCl)C(=O)NC(Cc1ccccc1)C(=O)NC(CCC(=O)O)C(=O)NCC(=O)NC(Cc1ccc(O)cc1)C(=O)NC(CC(=O)O)C(=O)NC(CC(N)=O)C(=O)NC(COCC=C)C(=O)NC(CS)C(N)=O. The Morgan fingerprint density at radius 3 is 1.46 bits per heavy atom. The van der Waals surface area contributed by atoms with Crippen molar-refractivity contribution in [1.82, 2.24) is 47.9 Å². The van der Waals surface area contributed by atoms with E-state index in [1.165, 1.54) is 36.4 Å². The first-order valence-electron chi connectivity index (χ1n) is 24.5. The van der Waals surface area contributed by atoms with Crippen LogP contribution in [0.15, 0.2) is 79.9 Å². The van der Waals surface area contributed by atoms with Crippen LogP contribution in [-0.2, 0) is 84.6 Å². The zero-order valence-corrected chi connectivity index (χ0v) is 45.2. The van der Waals surface area contributed by atoms with Gasteiger partial charge in [-0.2, -0.15) is 12.6 Å². The summed E-state index contributed by atoms with van der Waals surface area (Å²) in [6, 6.07) is 0.154. The van der Waals surface area contributed by atoms with Crippen molar-refractivity contribution in [2.24, 2.45) is 11.5 Å². The number of thiol groups is 1. The van der Waals surface area contributed by atoms with Gasteiger partial charge in [0.2, 0.25) is 65.0 Å². The quantitative estimate of drug-likeness (QED) is 0.0130. The number of rotatable bonds is 39. The van der Waals surface area contributed by atoms with E-state index in [0.29, 0.717) is 5.56 Å². The lowest BCUT2D eigenvalue weighted by atomic mass is 10.0. The molecule has 0 saturated heterocycles. The van der Waals surface area contributed by atoms with Crippen molar-refractivity contribution >= 4 is 101 Å². The van der Waals surface area contributed by atoms with Crippen LogP contribution in [0.3, 0.4) is 0 Å². The molecule has 0 aliphatic rings. The van der Waals surface area contributed by atoms with Gasteiger partial charge in [0.05, 0.1) is 45.8 Å². The summed E-state index contributed by atoms with van der Waals surface area (Å²) >= 11 is 9.60. The molecule has 0 aromatic heterocycles. The highest BCUT2D eigenvalue weighted by Gasteiger charge is 2.35. The van der Waals surface area contributed by atoms with Gasteiger partial charge in [-0.3, -0.25) is 62.3 Å². The molecule has 0 spiro atoms. The average Bonchev–Trinajstić information content (AvgIpc) is 3.42. The monoisotopic (exact) mass is 1180 g/mol. The number of nitrogens with one attached hydrogen (secondary N) is 9. The Kier molecular flexibility index (Phi) is 30.9. The van der Waals surface area contributed by atoms with E-state index in [4.69, 9.17) is 32.5 Å². The average molecular weight is 1180 g/mol. The van der Waals surface area contributed by atoms with E-state index in [9.17, 15) is 77.6 Å². The number of phenolic OH excluding ortho intramolecular Hbond substituents is 1. The molecule has 31 heteroatoms. The molecule has 2 aromatic carbocycles. The minimum absolute atomic E-state index is 0.0162. The topological polar surface area (TPSA) is 461 Å². The lowest BCUT2D eigenvalue weighted by Crippen LogP contribution is -2.61. The lowest BCUT2D eigenvalue weighted by Gasteiger charge is -2.26. The fourth-order valence-corrected chi connectivity index (χ4v) is 7.33. The van der Waals surface area contributed by atoms with Crippen molar-refractivity contribution in [2.75, 3.05) is 44.6 Å². The van der Waals surface area contributed by atoms with Gasteiger partial charge >= 0.3 is 11.9 Å². The number of carbonyl (C=O) groups excluding carboxylic acids is 11. The summed E-state index contributed by atoms with van der Waals surface area (Å²) in [5.41, 5.74) is 11.4. The van der Waals surface area contributed by atoms with E-state index in [0.717, 1.165) is 0 Å². The summed E-state index contributed by atoms with van der Waals surface area (Å²) in [7, 11) is 0. The molecule has 8 atom stereocenters. The molecular formula is C50H66ClN11O18S. The van der Waals surface area contributed by atoms with Gasteiger partial charge in [-0.05, 0) is 29.7 Å². The summed E-state index contributed by atoms with van der Waals surface area (Å²) in [6.45, 7) is 4.95. The molecular weight excluding hydrogens is 1110 g/mol. The number of halogens is 1. The van der Waals surface area contributed by atoms with Crippen LogP contribution >= 0.6 is 24.2 Å². The van der Waals surface area contributed by atoms with Crippen molar-refractivity contribution in [3.63, 3.8) is 0 Å². The molecule has 0 bridgehead atoms. The molecule has 0 fully saturated rings. The molecule has 81 heavy (non-hydrogen) atoms. The number of aromatic hydroxyl groups is 1. The molecule has 0 aliphatic heterocycles. The largest absolute Gasteiger partial charge is 0.508 e. The number of carbonyl (C=O) groups is 13. The van der Waals surface area contributed by atoms with Crippen LogP contribution in [0.25, 0.3) is 0 Å². The third-order valence-corrected chi connectivity index (χ3v) is 11.6. The molecule has 0 saturated carbocycles. The van der Waals surface area contributed by atoms with Crippen LogP contribution in [0.2, 0.25) is 0 Å². The normalized spacial score (nSPS) is 13.7. The fourth-order valence-electron chi connectivity index (χ4n) is 6.98. The van der Waals surface area contributed by atoms with Crippen LogP contribution in [-0.4, -0.2) is 185 Å². The number of phenols is 1. The van der Waals surface area contributed by atoms with Crippen LogP contribution in [0, 0.1) is 0 Å². The standard InChI is InChI=1S/C50H66ClN11O18S/c1-3-16-79-24-35(56-39(65)22-51)49(77)58-32(18-27-8-6-5-7-9-27)46(74)57-30(14-15-41(67)68)44(72)54-23-40(66)55-31(19-28-10-12-29(63)13-11-28)45(73)60-34(21-42(69)70)48(76)59-33(20-38(52)64)47(75)61-36(25-80-17-4-2)50(78)62-37(26-81)43(53)71/h3-13,30-37,63,81H,1-2,14-26H2,(H2,52,64)(H2,53,71)(H,54,72)(H,55,66)(H,56,65)(H,57,74)(H,58,77)(H,59,76)(H,60,73)(H,61,75)(H,62,78)(H,67,68)(H,69,70). The van der Waals surface area contributed by atoms with Gasteiger partial charge in [0.25, 0.3) is 0 Å². The Balaban J connectivity index is 2.43. The smallest absolute Gasteiger partial charge is 0.305 e. The molecule has 2 aromatic rings.